The van der Waals surface area contributed by atoms with Crippen molar-refractivity contribution < 1.29 is 13.2 Å². The van der Waals surface area contributed by atoms with Crippen molar-refractivity contribution in [3.63, 3.8) is 0 Å². The maximum atomic E-state index is 13.3. The number of aromatic nitrogens is 2. The Morgan fingerprint density at radius 3 is 2.52 bits per heavy atom. The van der Waals surface area contributed by atoms with Gasteiger partial charge >= 0.3 is 6.18 Å². The standard InChI is InChI=1S/C13H12Cl2F3N3/c1-2-19-6-8-7-20-21(12(8)13(16,17)18)9-3-4-10(14)11(15)5-9/h3-5,7,19H,2,6H2,1H3. The molecule has 21 heavy (non-hydrogen) atoms. The fourth-order valence-electron chi connectivity index (χ4n) is 1.89. The summed E-state index contributed by atoms with van der Waals surface area (Å²) in [5, 5.41) is 7.14. The molecule has 8 heteroatoms. The molecule has 1 heterocycles. The minimum Gasteiger partial charge on any atom is -0.313 e. The second kappa shape index (κ2) is 6.25. The first-order valence-corrected chi connectivity index (χ1v) is 6.90. The lowest BCUT2D eigenvalue weighted by molar-refractivity contribution is -0.143. The molecule has 1 N–H and O–H groups in total. The van der Waals surface area contributed by atoms with E-state index in [0.717, 1.165) is 4.68 Å². The van der Waals surface area contributed by atoms with Gasteiger partial charge in [-0.1, -0.05) is 30.1 Å². The van der Waals surface area contributed by atoms with Crippen molar-refractivity contribution in [3.05, 3.63) is 45.7 Å². The molecule has 0 amide bonds. The predicted molar refractivity (Wildman–Crippen MR) is 76.0 cm³/mol. The van der Waals surface area contributed by atoms with E-state index in [2.05, 4.69) is 10.4 Å². The van der Waals surface area contributed by atoms with Crippen LogP contribution < -0.4 is 5.32 Å². The summed E-state index contributed by atoms with van der Waals surface area (Å²) >= 11 is 11.6. The Bertz CT molecular complexity index is 638. The number of halogens is 5. The van der Waals surface area contributed by atoms with E-state index >= 15 is 0 Å². The lowest BCUT2D eigenvalue weighted by Crippen LogP contribution is -2.19. The van der Waals surface area contributed by atoms with Crippen molar-refractivity contribution in [1.29, 1.82) is 0 Å². The minimum atomic E-state index is -4.52. The van der Waals surface area contributed by atoms with E-state index in [1.165, 1.54) is 24.4 Å². The highest BCUT2D eigenvalue weighted by atomic mass is 35.5. The second-order valence-electron chi connectivity index (χ2n) is 4.31. The molecule has 0 saturated carbocycles. The van der Waals surface area contributed by atoms with Gasteiger partial charge in [-0.05, 0) is 24.7 Å². The van der Waals surface area contributed by atoms with Gasteiger partial charge in [0.2, 0.25) is 0 Å². The average molecular weight is 338 g/mol. The minimum absolute atomic E-state index is 0.0791. The van der Waals surface area contributed by atoms with Gasteiger partial charge in [0.15, 0.2) is 5.69 Å². The van der Waals surface area contributed by atoms with Crippen molar-refractivity contribution in [1.82, 2.24) is 15.1 Å². The van der Waals surface area contributed by atoms with Gasteiger partial charge in [0.1, 0.15) is 0 Å². The smallest absolute Gasteiger partial charge is 0.313 e. The molecule has 2 aromatic rings. The predicted octanol–water partition coefficient (Wildman–Crippen LogP) is 4.31. The van der Waals surface area contributed by atoms with Crippen LogP contribution in [0.25, 0.3) is 5.69 Å². The fourth-order valence-corrected chi connectivity index (χ4v) is 2.18. The molecule has 0 bridgehead atoms. The van der Waals surface area contributed by atoms with Crippen molar-refractivity contribution in [2.45, 2.75) is 19.6 Å². The largest absolute Gasteiger partial charge is 0.433 e. The number of nitrogens with one attached hydrogen (secondary N) is 1. The molecule has 2 rings (SSSR count). The van der Waals surface area contributed by atoms with Gasteiger partial charge in [-0.15, -0.1) is 0 Å². The molecule has 0 atom stereocenters. The first-order chi connectivity index (χ1) is 9.84. The monoisotopic (exact) mass is 337 g/mol. The van der Waals surface area contributed by atoms with Crippen LogP contribution in [0.5, 0.6) is 0 Å². The Kier molecular flexibility index (Phi) is 4.81. The summed E-state index contributed by atoms with van der Waals surface area (Å²) < 4.78 is 40.7. The Balaban J connectivity index is 2.52. The summed E-state index contributed by atoms with van der Waals surface area (Å²) in [5.41, 5.74) is -0.531. The zero-order valence-corrected chi connectivity index (χ0v) is 12.5. The van der Waals surface area contributed by atoms with E-state index in [1.807, 2.05) is 6.92 Å². The van der Waals surface area contributed by atoms with Crippen LogP contribution in [0.4, 0.5) is 13.2 Å². The molecular formula is C13H12Cl2F3N3. The molecule has 3 nitrogen and oxygen atoms in total. The SMILES string of the molecule is CCNCc1cnn(-c2ccc(Cl)c(Cl)c2)c1C(F)(F)F. The highest BCUT2D eigenvalue weighted by Crippen LogP contribution is 2.34. The molecule has 0 radical (unpaired) electrons. The number of hydrogen-bond acceptors (Lipinski definition) is 2. The summed E-state index contributed by atoms with van der Waals surface area (Å²) in [5.74, 6) is 0. The van der Waals surface area contributed by atoms with Crippen LogP contribution in [0, 0.1) is 0 Å². The van der Waals surface area contributed by atoms with Crippen LogP contribution in [0.2, 0.25) is 10.0 Å². The van der Waals surface area contributed by atoms with Crippen molar-refractivity contribution in [2.75, 3.05) is 6.54 Å². The van der Waals surface area contributed by atoms with Crippen molar-refractivity contribution >= 4 is 23.2 Å². The highest BCUT2D eigenvalue weighted by Gasteiger charge is 2.38. The fraction of sp³-hybridized carbons (Fsp3) is 0.308. The van der Waals surface area contributed by atoms with Crippen LogP contribution in [-0.2, 0) is 12.7 Å². The molecule has 0 aliphatic rings. The molecule has 1 aromatic heterocycles. The van der Waals surface area contributed by atoms with Crippen LogP contribution >= 0.6 is 23.2 Å². The number of hydrogen-bond donors (Lipinski definition) is 1. The number of nitrogens with zero attached hydrogens (tertiary/aromatic N) is 2. The molecular weight excluding hydrogens is 326 g/mol. The van der Waals surface area contributed by atoms with E-state index in [0.29, 0.717) is 6.54 Å². The lowest BCUT2D eigenvalue weighted by atomic mass is 10.2. The van der Waals surface area contributed by atoms with Crippen molar-refractivity contribution in [2.24, 2.45) is 0 Å². The third kappa shape index (κ3) is 3.51. The number of rotatable bonds is 4. The molecule has 0 aliphatic heterocycles. The quantitative estimate of drug-likeness (QED) is 0.900. The molecule has 0 fully saturated rings. The van der Waals surface area contributed by atoms with E-state index in [1.54, 1.807) is 0 Å². The van der Waals surface area contributed by atoms with Crippen LogP contribution in [0.15, 0.2) is 24.4 Å². The van der Waals surface area contributed by atoms with E-state index in [-0.39, 0.29) is 27.8 Å². The first kappa shape index (κ1) is 16.1. The van der Waals surface area contributed by atoms with Gasteiger partial charge in [0.05, 0.1) is 21.9 Å². The number of benzene rings is 1. The Morgan fingerprint density at radius 1 is 1.24 bits per heavy atom. The molecule has 0 aliphatic carbocycles. The van der Waals surface area contributed by atoms with Crippen molar-refractivity contribution in [3.8, 4) is 5.69 Å². The topological polar surface area (TPSA) is 29.9 Å². The summed E-state index contributed by atoms with van der Waals surface area (Å²) in [6, 6.07) is 4.22. The third-order valence-corrected chi connectivity index (χ3v) is 3.57. The first-order valence-electron chi connectivity index (χ1n) is 6.14. The molecule has 1 aromatic carbocycles. The van der Waals surface area contributed by atoms with E-state index in [4.69, 9.17) is 23.2 Å². The Morgan fingerprint density at radius 2 is 1.95 bits per heavy atom. The van der Waals surface area contributed by atoms with Gasteiger partial charge in [-0.2, -0.15) is 18.3 Å². The third-order valence-electron chi connectivity index (χ3n) is 2.83. The summed E-state index contributed by atoms with van der Waals surface area (Å²) in [4.78, 5) is 0. The van der Waals surface area contributed by atoms with Gasteiger partial charge in [-0.3, -0.25) is 0 Å². The highest BCUT2D eigenvalue weighted by molar-refractivity contribution is 6.42. The van der Waals surface area contributed by atoms with Gasteiger partial charge < -0.3 is 5.32 Å². The van der Waals surface area contributed by atoms with Crippen LogP contribution in [0.3, 0.4) is 0 Å². The maximum absolute atomic E-state index is 13.3. The Hall–Kier alpha value is -1.24. The summed E-state index contributed by atoms with van der Waals surface area (Å²) in [7, 11) is 0. The zero-order chi connectivity index (χ0) is 15.6. The molecule has 0 unspecified atom stereocenters. The van der Waals surface area contributed by atoms with E-state index in [9.17, 15) is 13.2 Å². The van der Waals surface area contributed by atoms with Gasteiger partial charge in [0, 0.05) is 12.1 Å². The molecule has 114 valence electrons. The normalized spacial score (nSPS) is 11.9. The number of alkyl halides is 3. The van der Waals surface area contributed by atoms with Crippen LogP contribution in [-0.4, -0.2) is 16.3 Å². The summed E-state index contributed by atoms with van der Waals surface area (Å²) in [6.45, 7) is 2.47. The lowest BCUT2D eigenvalue weighted by Gasteiger charge is -2.13. The Labute approximate surface area is 129 Å². The molecule has 0 saturated heterocycles. The molecule has 0 spiro atoms. The second-order valence-corrected chi connectivity index (χ2v) is 5.12. The summed E-state index contributed by atoms with van der Waals surface area (Å²) in [6.07, 6.45) is -3.32. The average Bonchev–Trinajstić information content (AvgIpc) is 2.83. The van der Waals surface area contributed by atoms with Crippen LogP contribution in [0.1, 0.15) is 18.2 Å². The van der Waals surface area contributed by atoms with E-state index < -0.39 is 11.9 Å². The van der Waals surface area contributed by atoms with Gasteiger partial charge in [0.25, 0.3) is 0 Å². The zero-order valence-electron chi connectivity index (χ0n) is 11.0. The maximum Gasteiger partial charge on any atom is 0.433 e. The van der Waals surface area contributed by atoms with Gasteiger partial charge in [-0.25, -0.2) is 4.68 Å².